The van der Waals surface area contributed by atoms with Gasteiger partial charge in [0.05, 0.1) is 0 Å². The number of benzene rings is 1. The van der Waals surface area contributed by atoms with E-state index in [2.05, 4.69) is 75.2 Å². The Labute approximate surface area is 124 Å². The quantitative estimate of drug-likeness (QED) is 0.900. The predicted molar refractivity (Wildman–Crippen MR) is 86.9 cm³/mol. The lowest BCUT2D eigenvalue weighted by Crippen LogP contribution is -2.60. The van der Waals surface area contributed by atoms with E-state index in [1.54, 1.807) is 0 Å². The zero-order valence-corrected chi connectivity index (χ0v) is 13.7. The van der Waals surface area contributed by atoms with Crippen molar-refractivity contribution in [3.63, 3.8) is 0 Å². The molecule has 0 saturated carbocycles. The first-order chi connectivity index (χ1) is 9.33. The van der Waals surface area contributed by atoms with Crippen LogP contribution in [0.4, 0.5) is 0 Å². The fourth-order valence-electron chi connectivity index (χ4n) is 3.10. The summed E-state index contributed by atoms with van der Waals surface area (Å²) in [6.07, 6.45) is 1.18. The highest BCUT2D eigenvalue weighted by Crippen LogP contribution is 2.31. The highest BCUT2D eigenvalue weighted by molar-refractivity contribution is 5.21. The van der Waals surface area contributed by atoms with Gasteiger partial charge in [-0.05, 0) is 24.3 Å². The number of rotatable bonds is 3. The smallest absolute Gasteiger partial charge is 0.0473 e. The van der Waals surface area contributed by atoms with Gasteiger partial charge in [0.15, 0.2) is 0 Å². The van der Waals surface area contributed by atoms with Gasteiger partial charge < -0.3 is 5.32 Å². The van der Waals surface area contributed by atoms with Gasteiger partial charge in [0.25, 0.3) is 0 Å². The number of nitrogens with one attached hydrogen (secondary N) is 1. The standard InChI is InChI=1S/C18H30N2/c1-6-18(5)14-20(13-17(2,3)4)16(12-19-18)15-10-8-7-9-11-15/h7-11,16,19H,6,12-14H2,1-5H3. The lowest BCUT2D eigenvalue weighted by molar-refractivity contribution is 0.0550. The molecule has 2 atom stereocenters. The molecule has 1 saturated heterocycles. The lowest BCUT2D eigenvalue weighted by atomic mass is 9.88. The summed E-state index contributed by atoms with van der Waals surface area (Å²) < 4.78 is 0. The van der Waals surface area contributed by atoms with Crippen LogP contribution >= 0.6 is 0 Å². The summed E-state index contributed by atoms with van der Waals surface area (Å²) in [5.74, 6) is 0. The second-order valence-corrected chi connectivity index (χ2v) is 7.69. The average Bonchev–Trinajstić information content (AvgIpc) is 2.38. The summed E-state index contributed by atoms with van der Waals surface area (Å²) in [7, 11) is 0. The molecule has 1 N–H and O–H groups in total. The maximum atomic E-state index is 3.77. The SMILES string of the molecule is CCC1(C)CN(CC(C)(C)C)C(c2ccccc2)CN1. The molecule has 1 aromatic rings. The summed E-state index contributed by atoms with van der Waals surface area (Å²) in [6.45, 7) is 14.9. The molecule has 2 heteroatoms. The molecule has 0 aromatic heterocycles. The summed E-state index contributed by atoms with van der Waals surface area (Å²) in [6, 6.07) is 11.4. The topological polar surface area (TPSA) is 15.3 Å². The van der Waals surface area contributed by atoms with E-state index in [1.807, 2.05) is 0 Å². The highest BCUT2D eigenvalue weighted by Gasteiger charge is 2.36. The molecule has 0 aliphatic carbocycles. The van der Waals surface area contributed by atoms with E-state index in [1.165, 1.54) is 12.0 Å². The number of nitrogens with zero attached hydrogens (tertiary/aromatic N) is 1. The second-order valence-electron chi connectivity index (χ2n) is 7.69. The summed E-state index contributed by atoms with van der Waals surface area (Å²) >= 11 is 0. The van der Waals surface area contributed by atoms with Gasteiger partial charge in [-0.3, -0.25) is 4.90 Å². The van der Waals surface area contributed by atoms with Gasteiger partial charge in [0.1, 0.15) is 0 Å². The molecule has 0 radical (unpaired) electrons. The van der Waals surface area contributed by atoms with Crippen molar-refractivity contribution in [2.45, 2.75) is 52.6 Å². The zero-order chi connectivity index (χ0) is 14.8. The van der Waals surface area contributed by atoms with E-state index in [0.717, 1.165) is 19.6 Å². The van der Waals surface area contributed by atoms with Crippen LogP contribution in [0.5, 0.6) is 0 Å². The highest BCUT2D eigenvalue weighted by atomic mass is 15.3. The molecule has 1 aromatic carbocycles. The minimum absolute atomic E-state index is 0.247. The van der Waals surface area contributed by atoms with Crippen LogP contribution in [0.1, 0.15) is 52.6 Å². The Morgan fingerprint density at radius 3 is 2.45 bits per heavy atom. The van der Waals surface area contributed by atoms with Gasteiger partial charge in [-0.1, -0.05) is 58.0 Å². The van der Waals surface area contributed by atoms with Crippen LogP contribution in [0, 0.1) is 5.41 Å². The van der Waals surface area contributed by atoms with Crippen LogP contribution in [0.25, 0.3) is 0 Å². The van der Waals surface area contributed by atoms with Crippen molar-refractivity contribution in [2.75, 3.05) is 19.6 Å². The Bertz CT molecular complexity index is 421. The van der Waals surface area contributed by atoms with Crippen molar-refractivity contribution in [3.05, 3.63) is 35.9 Å². The van der Waals surface area contributed by atoms with Crippen LogP contribution in [0.2, 0.25) is 0 Å². The average molecular weight is 274 g/mol. The molecule has 0 spiro atoms. The fraction of sp³-hybridized carbons (Fsp3) is 0.667. The Balaban J connectivity index is 2.22. The molecule has 1 fully saturated rings. The minimum Gasteiger partial charge on any atom is -0.308 e. The first-order valence-corrected chi connectivity index (χ1v) is 7.87. The normalized spacial score (nSPS) is 28.6. The van der Waals surface area contributed by atoms with E-state index < -0.39 is 0 Å². The molecular formula is C18H30N2. The number of hydrogen-bond acceptors (Lipinski definition) is 2. The van der Waals surface area contributed by atoms with Crippen LogP contribution in [-0.2, 0) is 0 Å². The van der Waals surface area contributed by atoms with E-state index in [-0.39, 0.29) is 5.54 Å². The minimum atomic E-state index is 0.247. The lowest BCUT2D eigenvalue weighted by Gasteiger charge is -2.48. The zero-order valence-electron chi connectivity index (χ0n) is 13.7. The molecule has 20 heavy (non-hydrogen) atoms. The molecule has 1 aliphatic rings. The van der Waals surface area contributed by atoms with Gasteiger partial charge in [0.2, 0.25) is 0 Å². The number of hydrogen-bond donors (Lipinski definition) is 1. The molecule has 2 unspecified atom stereocenters. The molecule has 0 bridgehead atoms. The Kier molecular flexibility index (Phi) is 4.55. The van der Waals surface area contributed by atoms with Crippen LogP contribution < -0.4 is 5.32 Å². The molecule has 112 valence electrons. The van der Waals surface area contributed by atoms with Gasteiger partial charge in [0, 0.05) is 31.2 Å². The van der Waals surface area contributed by atoms with E-state index in [9.17, 15) is 0 Å². The fourth-order valence-corrected chi connectivity index (χ4v) is 3.10. The van der Waals surface area contributed by atoms with Gasteiger partial charge in [-0.25, -0.2) is 0 Å². The third-order valence-electron chi connectivity index (χ3n) is 4.36. The number of piperazine rings is 1. The summed E-state index contributed by atoms with van der Waals surface area (Å²) in [4.78, 5) is 2.68. The molecular weight excluding hydrogens is 244 g/mol. The third-order valence-corrected chi connectivity index (χ3v) is 4.36. The van der Waals surface area contributed by atoms with Crippen molar-refractivity contribution in [1.29, 1.82) is 0 Å². The summed E-state index contributed by atoms with van der Waals surface area (Å²) in [5, 5.41) is 3.77. The molecule has 1 heterocycles. The maximum Gasteiger partial charge on any atom is 0.0473 e. The van der Waals surface area contributed by atoms with Crippen molar-refractivity contribution in [3.8, 4) is 0 Å². The van der Waals surface area contributed by atoms with Crippen molar-refractivity contribution < 1.29 is 0 Å². The van der Waals surface area contributed by atoms with E-state index in [0.29, 0.717) is 11.5 Å². The summed E-state index contributed by atoms with van der Waals surface area (Å²) in [5.41, 5.74) is 2.01. The van der Waals surface area contributed by atoms with Gasteiger partial charge >= 0.3 is 0 Å². The largest absolute Gasteiger partial charge is 0.308 e. The molecule has 0 amide bonds. The molecule has 1 aliphatic heterocycles. The van der Waals surface area contributed by atoms with E-state index in [4.69, 9.17) is 0 Å². The van der Waals surface area contributed by atoms with Gasteiger partial charge in [-0.2, -0.15) is 0 Å². The first kappa shape index (κ1) is 15.5. The maximum absolute atomic E-state index is 3.77. The van der Waals surface area contributed by atoms with E-state index >= 15 is 0 Å². The van der Waals surface area contributed by atoms with Crippen LogP contribution in [0.15, 0.2) is 30.3 Å². The van der Waals surface area contributed by atoms with Gasteiger partial charge in [-0.15, -0.1) is 0 Å². The third kappa shape index (κ3) is 3.83. The van der Waals surface area contributed by atoms with Crippen molar-refractivity contribution in [1.82, 2.24) is 10.2 Å². The predicted octanol–water partition coefficient (Wildman–Crippen LogP) is 3.85. The van der Waals surface area contributed by atoms with Crippen molar-refractivity contribution >= 4 is 0 Å². The van der Waals surface area contributed by atoms with Crippen molar-refractivity contribution in [2.24, 2.45) is 5.41 Å². The van der Waals surface area contributed by atoms with Crippen LogP contribution in [-0.4, -0.2) is 30.1 Å². The Morgan fingerprint density at radius 1 is 1.25 bits per heavy atom. The second kappa shape index (κ2) is 5.87. The monoisotopic (exact) mass is 274 g/mol. The first-order valence-electron chi connectivity index (χ1n) is 7.87. The Morgan fingerprint density at radius 2 is 1.90 bits per heavy atom. The molecule has 2 rings (SSSR count). The molecule has 2 nitrogen and oxygen atoms in total. The van der Waals surface area contributed by atoms with Crippen LogP contribution in [0.3, 0.4) is 0 Å². The Hall–Kier alpha value is -0.860.